The van der Waals surface area contributed by atoms with Crippen molar-refractivity contribution in [3.63, 3.8) is 0 Å². The van der Waals surface area contributed by atoms with Crippen LogP contribution in [0.3, 0.4) is 0 Å². The summed E-state index contributed by atoms with van der Waals surface area (Å²) in [5.74, 6) is 0.0684. The van der Waals surface area contributed by atoms with Crippen molar-refractivity contribution in [1.29, 1.82) is 0 Å². The van der Waals surface area contributed by atoms with Gasteiger partial charge in [0.15, 0.2) is 0 Å². The second kappa shape index (κ2) is 11.4. The highest BCUT2D eigenvalue weighted by atomic mass is 35.5. The van der Waals surface area contributed by atoms with E-state index in [0.29, 0.717) is 28.9 Å². The van der Waals surface area contributed by atoms with E-state index in [9.17, 15) is 9.59 Å². The molecule has 0 aliphatic heterocycles. The minimum atomic E-state index is -0.576. The quantitative estimate of drug-likeness (QED) is 0.556. The van der Waals surface area contributed by atoms with Gasteiger partial charge in [-0.05, 0) is 42.5 Å². The summed E-state index contributed by atoms with van der Waals surface area (Å²) in [6.07, 6.45) is 0.730. The molecule has 0 radical (unpaired) electrons. The standard InChI is InChI=1S/C24H30Cl2N2O2/c1-5-22(24(30)27-14-16(2)3)28(15-19-10-11-20(25)13-21(19)26)23(29)12-18-8-6-17(4)7-9-18/h6-11,13,16,22H,5,12,14-15H2,1-4H3,(H,27,30)/t22-/m1/s1. The summed E-state index contributed by atoms with van der Waals surface area (Å²) in [6, 6.07) is 12.5. The molecule has 1 N–H and O–H groups in total. The lowest BCUT2D eigenvalue weighted by atomic mass is 10.1. The molecule has 0 aliphatic carbocycles. The van der Waals surface area contributed by atoms with Crippen molar-refractivity contribution in [1.82, 2.24) is 10.2 Å². The van der Waals surface area contributed by atoms with Gasteiger partial charge < -0.3 is 10.2 Å². The van der Waals surface area contributed by atoms with Crippen LogP contribution in [0.15, 0.2) is 42.5 Å². The van der Waals surface area contributed by atoms with Crippen LogP contribution in [0.2, 0.25) is 10.0 Å². The summed E-state index contributed by atoms with van der Waals surface area (Å²) in [7, 11) is 0. The second-order valence-corrected chi connectivity index (χ2v) is 8.83. The molecule has 6 heteroatoms. The van der Waals surface area contributed by atoms with E-state index in [4.69, 9.17) is 23.2 Å². The van der Waals surface area contributed by atoms with E-state index in [2.05, 4.69) is 5.32 Å². The third-order valence-corrected chi connectivity index (χ3v) is 5.49. The van der Waals surface area contributed by atoms with Crippen molar-refractivity contribution in [2.45, 2.75) is 53.1 Å². The first-order valence-corrected chi connectivity index (χ1v) is 11.0. The average Bonchev–Trinajstić information content (AvgIpc) is 2.69. The van der Waals surface area contributed by atoms with Gasteiger partial charge in [0.1, 0.15) is 6.04 Å². The van der Waals surface area contributed by atoms with Crippen LogP contribution >= 0.6 is 23.2 Å². The van der Waals surface area contributed by atoms with Gasteiger partial charge in [-0.15, -0.1) is 0 Å². The molecule has 0 unspecified atom stereocenters. The first-order chi connectivity index (χ1) is 14.2. The number of rotatable bonds is 9. The highest BCUT2D eigenvalue weighted by Gasteiger charge is 2.29. The first kappa shape index (κ1) is 24.2. The zero-order valence-electron chi connectivity index (χ0n) is 18.0. The molecule has 0 fully saturated rings. The van der Waals surface area contributed by atoms with Crippen LogP contribution in [-0.2, 0) is 22.6 Å². The number of aryl methyl sites for hydroxylation is 1. The predicted molar refractivity (Wildman–Crippen MR) is 124 cm³/mol. The molecule has 2 aromatic rings. The Morgan fingerprint density at radius 2 is 1.73 bits per heavy atom. The van der Waals surface area contributed by atoms with E-state index in [1.54, 1.807) is 23.1 Å². The SMILES string of the molecule is CC[C@H](C(=O)NCC(C)C)N(Cc1ccc(Cl)cc1Cl)C(=O)Cc1ccc(C)cc1. The molecule has 2 amide bonds. The van der Waals surface area contributed by atoms with Gasteiger partial charge in [0, 0.05) is 23.1 Å². The molecule has 0 aliphatic rings. The lowest BCUT2D eigenvalue weighted by molar-refractivity contribution is -0.141. The van der Waals surface area contributed by atoms with E-state index >= 15 is 0 Å². The van der Waals surface area contributed by atoms with Crippen LogP contribution in [0.4, 0.5) is 0 Å². The molecule has 2 aromatic carbocycles. The van der Waals surface area contributed by atoms with Gasteiger partial charge in [0.25, 0.3) is 0 Å². The number of halogens is 2. The summed E-state index contributed by atoms with van der Waals surface area (Å²) in [5, 5.41) is 3.97. The zero-order valence-corrected chi connectivity index (χ0v) is 19.6. The maximum Gasteiger partial charge on any atom is 0.242 e. The van der Waals surface area contributed by atoms with E-state index in [1.165, 1.54) is 0 Å². The molecule has 162 valence electrons. The Labute approximate surface area is 189 Å². The number of carbonyl (C=O) groups is 2. The molecule has 30 heavy (non-hydrogen) atoms. The number of benzene rings is 2. The highest BCUT2D eigenvalue weighted by Crippen LogP contribution is 2.24. The minimum Gasteiger partial charge on any atom is -0.354 e. The molecular formula is C24H30Cl2N2O2. The fourth-order valence-corrected chi connectivity index (χ4v) is 3.63. The van der Waals surface area contributed by atoms with Gasteiger partial charge in [-0.3, -0.25) is 9.59 Å². The Balaban J connectivity index is 2.30. The lowest BCUT2D eigenvalue weighted by Crippen LogP contribution is -2.50. The fourth-order valence-electron chi connectivity index (χ4n) is 3.16. The smallest absolute Gasteiger partial charge is 0.242 e. The molecule has 1 atom stereocenters. The van der Waals surface area contributed by atoms with E-state index in [0.717, 1.165) is 16.7 Å². The Hall–Kier alpha value is -2.04. The van der Waals surface area contributed by atoms with Crippen LogP contribution in [0.1, 0.15) is 43.9 Å². The van der Waals surface area contributed by atoms with E-state index in [1.807, 2.05) is 52.0 Å². The van der Waals surface area contributed by atoms with Gasteiger partial charge >= 0.3 is 0 Å². The van der Waals surface area contributed by atoms with E-state index < -0.39 is 6.04 Å². The summed E-state index contributed by atoms with van der Waals surface area (Å²) < 4.78 is 0. The minimum absolute atomic E-state index is 0.114. The Morgan fingerprint density at radius 3 is 2.30 bits per heavy atom. The molecule has 0 saturated heterocycles. The Bertz CT molecular complexity index is 866. The number of amides is 2. The van der Waals surface area contributed by atoms with Gasteiger partial charge in [-0.2, -0.15) is 0 Å². The lowest BCUT2D eigenvalue weighted by Gasteiger charge is -2.31. The molecule has 0 saturated carbocycles. The number of nitrogens with zero attached hydrogens (tertiary/aromatic N) is 1. The van der Waals surface area contributed by atoms with Crippen LogP contribution in [0.5, 0.6) is 0 Å². The van der Waals surface area contributed by atoms with Gasteiger partial charge in [0.05, 0.1) is 6.42 Å². The van der Waals surface area contributed by atoms with Crippen molar-refractivity contribution in [3.8, 4) is 0 Å². The van der Waals surface area contributed by atoms with Crippen molar-refractivity contribution in [2.24, 2.45) is 5.92 Å². The molecular weight excluding hydrogens is 419 g/mol. The average molecular weight is 449 g/mol. The van der Waals surface area contributed by atoms with E-state index in [-0.39, 0.29) is 24.8 Å². The third kappa shape index (κ3) is 7.03. The van der Waals surface area contributed by atoms with Gasteiger partial charge in [-0.25, -0.2) is 0 Å². The Morgan fingerprint density at radius 1 is 1.07 bits per heavy atom. The van der Waals surface area contributed by atoms with Crippen LogP contribution in [0, 0.1) is 12.8 Å². The van der Waals surface area contributed by atoms with Crippen LogP contribution in [0.25, 0.3) is 0 Å². The molecule has 0 aromatic heterocycles. The molecule has 2 rings (SSSR count). The summed E-state index contributed by atoms with van der Waals surface area (Å²) in [6.45, 7) is 8.80. The number of nitrogens with one attached hydrogen (secondary N) is 1. The number of hydrogen-bond donors (Lipinski definition) is 1. The molecule has 0 heterocycles. The topological polar surface area (TPSA) is 49.4 Å². The van der Waals surface area contributed by atoms with Crippen molar-refractivity contribution < 1.29 is 9.59 Å². The summed E-state index contributed by atoms with van der Waals surface area (Å²) in [4.78, 5) is 27.8. The van der Waals surface area contributed by atoms with Gasteiger partial charge in [0.2, 0.25) is 11.8 Å². The molecule has 0 bridgehead atoms. The highest BCUT2D eigenvalue weighted by molar-refractivity contribution is 6.35. The summed E-state index contributed by atoms with van der Waals surface area (Å²) in [5.41, 5.74) is 2.80. The van der Waals surface area contributed by atoms with Crippen molar-refractivity contribution in [2.75, 3.05) is 6.54 Å². The summed E-state index contributed by atoms with van der Waals surface area (Å²) >= 11 is 12.4. The second-order valence-electron chi connectivity index (χ2n) is 7.98. The predicted octanol–water partition coefficient (Wildman–Crippen LogP) is 5.42. The first-order valence-electron chi connectivity index (χ1n) is 10.3. The maximum absolute atomic E-state index is 13.3. The fraction of sp³-hybridized carbons (Fsp3) is 0.417. The monoisotopic (exact) mass is 448 g/mol. The maximum atomic E-state index is 13.3. The van der Waals surface area contributed by atoms with Crippen molar-refractivity contribution in [3.05, 3.63) is 69.2 Å². The van der Waals surface area contributed by atoms with Crippen LogP contribution in [-0.4, -0.2) is 29.3 Å². The van der Waals surface area contributed by atoms with Gasteiger partial charge in [-0.1, -0.05) is 79.9 Å². The van der Waals surface area contributed by atoms with Crippen LogP contribution < -0.4 is 5.32 Å². The zero-order chi connectivity index (χ0) is 22.3. The largest absolute Gasteiger partial charge is 0.354 e. The third-order valence-electron chi connectivity index (χ3n) is 4.90. The molecule has 4 nitrogen and oxygen atoms in total. The number of hydrogen-bond acceptors (Lipinski definition) is 2. The Kier molecular flexibility index (Phi) is 9.19. The molecule has 0 spiro atoms. The normalized spacial score (nSPS) is 12.0. The number of carbonyl (C=O) groups excluding carboxylic acids is 2. The van der Waals surface area contributed by atoms with Crippen molar-refractivity contribution >= 4 is 35.0 Å².